The second kappa shape index (κ2) is 28.9. The number of aliphatic hydroxyl groups excluding tert-OH is 9. The van der Waals surface area contributed by atoms with Crippen LogP contribution in [0.5, 0.6) is 0 Å². The van der Waals surface area contributed by atoms with Crippen LogP contribution in [0.25, 0.3) is 0 Å². The molecule has 3 aliphatic rings. The van der Waals surface area contributed by atoms with Gasteiger partial charge in [-0.25, -0.2) is 14.2 Å². The maximum atomic E-state index is 13.8. The van der Waals surface area contributed by atoms with Crippen LogP contribution in [-0.2, 0) is 46.9 Å². The first-order valence-corrected chi connectivity index (χ1v) is 25.7. The van der Waals surface area contributed by atoms with Crippen molar-refractivity contribution in [3.8, 4) is 0 Å². The van der Waals surface area contributed by atoms with Crippen LogP contribution < -0.4 is 21.9 Å². The number of carbonyl (C=O) groups excluding carboxylic acids is 2. The van der Waals surface area contributed by atoms with Gasteiger partial charge in [0.2, 0.25) is 11.8 Å². The number of amides is 2. The summed E-state index contributed by atoms with van der Waals surface area (Å²) in [5.74, 6) is -2.93. The molecule has 0 radical (unpaired) electrons. The summed E-state index contributed by atoms with van der Waals surface area (Å²) in [4.78, 5) is 75.9. The van der Waals surface area contributed by atoms with Crippen LogP contribution in [0.15, 0.2) is 45.7 Å². The van der Waals surface area contributed by atoms with E-state index in [0.717, 1.165) is 43.0 Å². The molecule has 0 aliphatic carbocycles. The number of unbranched alkanes of at least 4 members (excludes halogenated alkanes) is 4. The fourth-order valence-corrected chi connectivity index (χ4v) is 9.47. The molecule has 15 unspecified atom stereocenters. The molecule has 0 spiro atoms. The van der Waals surface area contributed by atoms with Crippen molar-refractivity contribution in [2.45, 2.75) is 184 Å². The highest BCUT2D eigenvalue weighted by Gasteiger charge is 2.53. The van der Waals surface area contributed by atoms with Gasteiger partial charge in [-0.1, -0.05) is 83.4 Å². The molecular weight excluding hydrogens is 995 g/mol. The van der Waals surface area contributed by atoms with E-state index in [0.29, 0.717) is 4.57 Å². The molecule has 19 atom stereocenters. The summed E-state index contributed by atoms with van der Waals surface area (Å²) in [7, 11) is -5.98. The van der Waals surface area contributed by atoms with Gasteiger partial charge < -0.3 is 85.5 Å². The molecule has 0 saturated carbocycles. The molecule has 0 aromatic carbocycles. The summed E-state index contributed by atoms with van der Waals surface area (Å²) >= 11 is 0. The van der Waals surface area contributed by atoms with Crippen LogP contribution >= 0.6 is 7.82 Å². The van der Waals surface area contributed by atoms with E-state index < -0.39 is 161 Å². The number of allylic oxidation sites excluding steroid dienone is 3. The van der Waals surface area contributed by atoms with Crippen LogP contribution in [-0.4, -0.2) is 195 Å². The summed E-state index contributed by atoms with van der Waals surface area (Å²) in [6.07, 6.45) is -17.1. The number of nitrogens with zero attached hydrogens (tertiary/aromatic N) is 1. The Bertz CT molecular complexity index is 2160. The van der Waals surface area contributed by atoms with Gasteiger partial charge in [-0.15, -0.1) is 0 Å². The summed E-state index contributed by atoms with van der Waals surface area (Å²) in [5, 5.41) is 109. The molecule has 14 N–H and O–H groups in total. The fourth-order valence-electron chi connectivity index (χ4n) is 8.46. The van der Waals surface area contributed by atoms with Crippen molar-refractivity contribution in [2.75, 3.05) is 19.8 Å². The Morgan fingerprint density at radius 1 is 0.822 bits per heavy atom. The molecule has 28 heteroatoms. The molecule has 27 nitrogen and oxygen atoms in total. The first kappa shape index (κ1) is 61.7. The highest BCUT2D eigenvalue weighted by Crippen LogP contribution is 2.49. The molecule has 4 rings (SSSR count). The van der Waals surface area contributed by atoms with Crippen molar-refractivity contribution < 1.29 is 103 Å². The topological polar surface area (TPSA) is 425 Å². The van der Waals surface area contributed by atoms with Crippen LogP contribution in [0.3, 0.4) is 0 Å². The number of hydrogen-bond donors (Lipinski definition) is 14. The van der Waals surface area contributed by atoms with E-state index in [1.165, 1.54) is 38.2 Å². The molecule has 1 aromatic rings. The lowest BCUT2D eigenvalue weighted by Crippen LogP contribution is -2.65. The molecule has 4 heterocycles. The van der Waals surface area contributed by atoms with Gasteiger partial charge in [0.25, 0.3) is 5.56 Å². The predicted molar refractivity (Wildman–Crippen MR) is 250 cm³/mol. The quantitative estimate of drug-likeness (QED) is 0.0175. The molecule has 2 amide bonds. The van der Waals surface area contributed by atoms with Crippen molar-refractivity contribution in [3.63, 3.8) is 0 Å². The fraction of sp³-hybridized carbons (Fsp3) is 0.756. The second-order valence-electron chi connectivity index (χ2n) is 18.7. The number of phosphoric acid groups is 1. The largest absolute Gasteiger partial charge is 0.479 e. The molecule has 1 aromatic heterocycles. The third-order valence-electron chi connectivity index (χ3n) is 12.9. The monoisotopic (exact) mass is 1070 g/mol. The summed E-state index contributed by atoms with van der Waals surface area (Å²) < 4.78 is 46.6. The number of carboxylic acid groups (broad SMARTS) is 1. The van der Waals surface area contributed by atoms with E-state index >= 15 is 0 Å². The van der Waals surface area contributed by atoms with E-state index in [1.807, 2.05) is 18.0 Å². The zero-order chi connectivity index (χ0) is 54.3. The number of ether oxygens (including phenoxy) is 4. The number of aromatic nitrogens is 2. The number of aromatic amines is 1. The Hall–Kier alpha value is -3.84. The van der Waals surface area contributed by atoms with E-state index in [2.05, 4.69) is 31.4 Å². The number of nitrogens with one attached hydrogen (secondary N) is 3. The third-order valence-corrected chi connectivity index (χ3v) is 13.8. The standard InChI is InChI=1S/C45H73N4O23P/c1-5-22(2)11-9-7-6-8-10-12-23(3)17-24(4)13-14-29(52)46-19-31(54)47-32-36(58)34(56)27(20-50)69-43(32)72-73(65,66)71-40(42(62)63)26(68-44-39(61)37(59)35(57)28(21-51)70-44)18-25-33(55)38(60)41(67-25)49-16-15-30(53)48-45(49)64/h13-17,22-23,25-28,32-41,43-44,50-51,55-61H,5-12,18-21H2,1-4H3,(H,46,52)(H,47,54)(H,62,63)(H,65,66)(H,48,53,64)/b14-13+,24-17+/t22?,23?,25-,26?,27?,28?,32?,33-,34?,35?,36?,37?,38-,39?,40?,41-,43?,44?/m1/s1. The number of rotatable bonds is 28. The van der Waals surface area contributed by atoms with Crippen LogP contribution in [0.2, 0.25) is 0 Å². The van der Waals surface area contributed by atoms with Crippen molar-refractivity contribution in [3.05, 3.63) is 56.9 Å². The van der Waals surface area contributed by atoms with Gasteiger partial charge in [0.15, 0.2) is 24.9 Å². The highest BCUT2D eigenvalue weighted by molar-refractivity contribution is 7.47. The van der Waals surface area contributed by atoms with Gasteiger partial charge in [0, 0.05) is 24.8 Å². The van der Waals surface area contributed by atoms with Crippen LogP contribution in [0, 0.1) is 11.8 Å². The zero-order valence-electron chi connectivity index (χ0n) is 41.0. The second-order valence-corrected chi connectivity index (χ2v) is 20.1. The molecule has 0 bridgehead atoms. The molecule has 3 aliphatic heterocycles. The Balaban J connectivity index is 1.47. The maximum absolute atomic E-state index is 13.8. The van der Waals surface area contributed by atoms with Crippen molar-refractivity contribution in [1.82, 2.24) is 20.2 Å². The van der Waals surface area contributed by atoms with E-state index in [9.17, 15) is 84.5 Å². The first-order valence-electron chi connectivity index (χ1n) is 24.2. The Labute approximate surface area is 420 Å². The Kier molecular flexibility index (Phi) is 24.4. The average Bonchev–Trinajstić information content (AvgIpc) is 3.61. The van der Waals surface area contributed by atoms with E-state index in [1.54, 1.807) is 6.08 Å². The highest BCUT2D eigenvalue weighted by atomic mass is 31.2. The molecule has 3 fully saturated rings. The number of carboxylic acids is 1. The van der Waals surface area contributed by atoms with Crippen molar-refractivity contribution >= 4 is 25.6 Å². The SMILES string of the molecule is CCC(C)CCCCCCCC(C)/C=C(C)/C=C/C(=O)NCC(=O)NC1C(OP(=O)(O)OC(C(=O)O)C(C[C@H]2O[C@@H](n3ccc(=O)[nH]c3=O)[C@H](O)[C@@H]2O)OC2OC(CO)C(O)C(O)C2O)OC(CO)C(O)C1O. The van der Waals surface area contributed by atoms with Gasteiger partial charge in [-0.2, -0.15) is 0 Å². The van der Waals surface area contributed by atoms with Crippen LogP contribution in [0.1, 0.15) is 91.7 Å². The zero-order valence-corrected chi connectivity index (χ0v) is 41.9. The number of carbonyl (C=O) groups is 3. The lowest BCUT2D eigenvalue weighted by atomic mass is 9.97. The minimum Gasteiger partial charge on any atom is -0.479 e. The maximum Gasteiger partial charge on any atom is 0.475 e. The van der Waals surface area contributed by atoms with Gasteiger partial charge in [0.1, 0.15) is 67.1 Å². The van der Waals surface area contributed by atoms with Gasteiger partial charge in [-0.05, 0) is 25.2 Å². The minimum absolute atomic E-state index is 0.244. The number of aliphatic hydroxyl groups is 9. The van der Waals surface area contributed by atoms with E-state index in [4.69, 9.17) is 28.0 Å². The molecule has 73 heavy (non-hydrogen) atoms. The van der Waals surface area contributed by atoms with Gasteiger partial charge >= 0.3 is 19.5 Å². The number of H-pyrrole nitrogens is 1. The lowest BCUT2D eigenvalue weighted by Gasteiger charge is -2.43. The number of hydrogen-bond acceptors (Lipinski definition) is 21. The first-order chi connectivity index (χ1) is 34.4. The normalized spacial score (nSPS) is 32.4. The van der Waals surface area contributed by atoms with Crippen molar-refractivity contribution in [2.24, 2.45) is 11.8 Å². The average molecular weight is 1070 g/mol. The summed E-state index contributed by atoms with van der Waals surface area (Å²) in [6, 6.07) is -1.13. The number of aliphatic carboxylic acids is 1. The smallest absolute Gasteiger partial charge is 0.475 e. The molecule has 416 valence electrons. The lowest BCUT2D eigenvalue weighted by molar-refractivity contribution is -0.318. The van der Waals surface area contributed by atoms with Gasteiger partial charge in [-0.3, -0.25) is 33.0 Å². The Morgan fingerprint density at radius 2 is 1.42 bits per heavy atom. The molecule has 3 saturated heterocycles. The molecular formula is C45H73N4O23P. The predicted octanol–water partition coefficient (Wildman–Crippen LogP) is -2.73. The van der Waals surface area contributed by atoms with Crippen LogP contribution in [0.4, 0.5) is 0 Å². The number of phosphoric ester groups is 1. The Morgan fingerprint density at radius 3 is 2.04 bits per heavy atom. The summed E-state index contributed by atoms with van der Waals surface area (Å²) in [5.41, 5.74) is -1.15. The summed E-state index contributed by atoms with van der Waals surface area (Å²) in [6.45, 7) is 5.55. The van der Waals surface area contributed by atoms with Gasteiger partial charge in [0.05, 0.1) is 25.9 Å². The van der Waals surface area contributed by atoms with Crippen molar-refractivity contribution in [1.29, 1.82) is 0 Å². The van der Waals surface area contributed by atoms with E-state index in [-0.39, 0.29) is 5.92 Å². The third kappa shape index (κ3) is 17.9. The minimum atomic E-state index is -5.98.